The molecule has 1 aliphatic rings. The molecule has 0 bridgehead atoms. The number of carboxylic acids is 1. The third kappa shape index (κ3) is 1.30. The van der Waals surface area contributed by atoms with Gasteiger partial charge in [-0.25, -0.2) is 4.79 Å². The molecule has 1 N–H and O–H groups in total. The van der Waals surface area contributed by atoms with E-state index >= 15 is 0 Å². The maximum absolute atomic E-state index is 10.7. The summed E-state index contributed by atoms with van der Waals surface area (Å²) in [4.78, 5) is 21.1. The van der Waals surface area contributed by atoms with E-state index in [9.17, 15) is 9.59 Å². The first-order valence-corrected chi connectivity index (χ1v) is 3.48. The highest BCUT2D eigenvalue weighted by molar-refractivity contribution is 6.33. The van der Waals surface area contributed by atoms with Gasteiger partial charge in [0.15, 0.2) is 0 Å². The summed E-state index contributed by atoms with van der Waals surface area (Å²) in [5.41, 5.74) is 0. The average molecular weight is 179 g/mol. The number of rotatable bonds is 1. The summed E-state index contributed by atoms with van der Waals surface area (Å²) in [6.45, 7) is 1.58. The lowest BCUT2D eigenvalue weighted by molar-refractivity contribution is -0.161. The van der Waals surface area contributed by atoms with E-state index in [1.807, 2.05) is 0 Å². The molecule has 0 amide bonds. The molecule has 11 heavy (non-hydrogen) atoms. The van der Waals surface area contributed by atoms with Gasteiger partial charge in [-0.2, -0.15) is 0 Å². The quantitative estimate of drug-likeness (QED) is 0.472. The van der Waals surface area contributed by atoms with Crippen LogP contribution in [0.4, 0.5) is 0 Å². The van der Waals surface area contributed by atoms with E-state index < -0.39 is 22.9 Å². The van der Waals surface area contributed by atoms with Gasteiger partial charge in [0.25, 0.3) is 5.06 Å². The molecule has 2 unspecified atom stereocenters. The van der Waals surface area contributed by atoms with E-state index in [1.165, 1.54) is 0 Å². The summed E-state index contributed by atoms with van der Waals surface area (Å²) in [6.07, 6.45) is 0.0305. The van der Waals surface area contributed by atoms with Gasteiger partial charge in [-0.05, 0) is 0 Å². The summed E-state index contributed by atoms with van der Waals surface area (Å²) >= 11 is 5.45. The number of hydrogen-bond donors (Lipinski definition) is 1. The van der Waals surface area contributed by atoms with Crippen molar-refractivity contribution in [3.63, 3.8) is 0 Å². The van der Waals surface area contributed by atoms with Crippen LogP contribution < -0.4 is 0 Å². The summed E-state index contributed by atoms with van der Waals surface area (Å²) in [5.74, 6) is -2.29. The number of ether oxygens (including phenoxy) is 1. The van der Waals surface area contributed by atoms with Crippen molar-refractivity contribution in [1.82, 2.24) is 0 Å². The van der Waals surface area contributed by atoms with Crippen molar-refractivity contribution in [2.75, 3.05) is 0 Å². The minimum atomic E-state index is -1.82. The lowest BCUT2D eigenvalue weighted by Gasteiger charge is -2.12. The molecule has 1 heterocycles. The van der Waals surface area contributed by atoms with Crippen LogP contribution in [0.1, 0.15) is 13.3 Å². The van der Waals surface area contributed by atoms with Gasteiger partial charge in [0.05, 0.1) is 5.92 Å². The molecule has 0 saturated carbocycles. The van der Waals surface area contributed by atoms with Gasteiger partial charge < -0.3 is 9.84 Å². The van der Waals surface area contributed by atoms with E-state index in [0.717, 1.165) is 0 Å². The van der Waals surface area contributed by atoms with Crippen molar-refractivity contribution in [2.45, 2.75) is 18.4 Å². The number of halogens is 1. The van der Waals surface area contributed by atoms with Crippen molar-refractivity contribution < 1.29 is 19.4 Å². The van der Waals surface area contributed by atoms with Crippen LogP contribution in [0.3, 0.4) is 0 Å². The van der Waals surface area contributed by atoms with Crippen LogP contribution >= 0.6 is 11.6 Å². The number of carbonyl (C=O) groups excluding carboxylic acids is 1. The Morgan fingerprint density at radius 1 is 1.91 bits per heavy atom. The third-order valence-corrected chi connectivity index (χ3v) is 1.95. The summed E-state index contributed by atoms with van der Waals surface area (Å²) in [5, 5.41) is 6.68. The van der Waals surface area contributed by atoms with E-state index in [-0.39, 0.29) is 6.42 Å². The van der Waals surface area contributed by atoms with Crippen molar-refractivity contribution >= 4 is 23.5 Å². The molecule has 0 aliphatic carbocycles. The second-order valence-electron chi connectivity index (χ2n) is 2.56. The van der Waals surface area contributed by atoms with Gasteiger partial charge in [-0.15, -0.1) is 0 Å². The fraction of sp³-hybridized carbons (Fsp3) is 0.667. The Balaban J connectivity index is 2.79. The molecular weight excluding hydrogens is 172 g/mol. The van der Waals surface area contributed by atoms with Gasteiger partial charge in [0.1, 0.15) is 0 Å². The molecule has 5 heteroatoms. The summed E-state index contributed by atoms with van der Waals surface area (Å²) in [6, 6.07) is 0. The van der Waals surface area contributed by atoms with Gasteiger partial charge in [0.2, 0.25) is 0 Å². The van der Waals surface area contributed by atoms with Crippen LogP contribution in [0.5, 0.6) is 0 Å². The highest BCUT2D eigenvalue weighted by Crippen LogP contribution is 2.34. The lowest BCUT2D eigenvalue weighted by atomic mass is 10.1. The van der Waals surface area contributed by atoms with Crippen LogP contribution in [0.15, 0.2) is 0 Å². The Morgan fingerprint density at radius 2 is 2.45 bits per heavy atom. The molecule has 0 aromatic rings. The minimum absolute atomic E-state index is 0.0305. The lowest BCUT2D eigenvalue weighted by Crippen LogP contribution is -2.31. The molecule has 0 radical (unpaired) electrons. The Morgan fingerprint density at radius 3 is 2.64 bits per heavy atom. The molecule has 0 spiro atoms. The zero-order valence-electron chi connectivity index (χ0n) is 5.83. The molecule has 2 atom stereocenters. The highest BCUT2D eigenvalue weighted by atomic mass is 35.5. The molecule has 0 aromatic heterocycles. The van der Waals surface area contributed by atoms with E-state index in [0.29, 0.717) is 0 Å². The Bertz CT molecular complexity index is 213. The van der Waals surface area contributed by atoms with Crippen molar-refractivity contribution in [1.29, 1.82) is 0 Å². The summed E-state index contributed by atoms with van der Waals surface area (Å²) < 4.78 is 4.45. The molecule has 0 aromatic carbocycles. The molecule has 62 valence electrons. The molecule has 1 rings (SSSR count). The maximum Gasteiger partial charge on any atom is 0.364 e. The van der Waals surface area contributed by atoms with Crippen LogP contribution in [0.25, 0.3) is 0 Å². The average Bonchev–Trinajstić information content (AvgIpc) is 2.09. The number of carbonyl (C=O) groups is 2. The van der Waals surface area contributed by atoms with E-state index in [1.54, 1.807) is 6.92 Å². The Hall–Kier alpha value is -0.770. The zero-order valence-corrected chi connectivity index (χ0v) is 6.59. The molecule has 1 fully saturated rings. The third-order valence-electron chi connectivity index (χ3n) is 1.55. The second-order valence-corrected chi connectivity index (χ2v) is 3.17. The van der Waals surface area contributed by atoms with Gasteiger partial charge in [0, 0.05) is 6.42 Å². The SMILES string of the molecule is CC1CC(Cl)(C(=O)O)OC1=O. The predicted molar refractivity (Wildman–Crippen MR) is 36.1 cm³/mol. The number of hydrogen-bond acceptors (Lipinski definition) is 3. The van der Waals surface area contributed by atoms with Crippen LogP contribution in [-0.4, -0.2) is 22.1 Å². The first-order chi connectivity index (χ1) is 4.96. The number of carboxylic acid groups (broad SMARTS) is 1. The van der Waals surface area contributed by atoms with E-state index in [4.69, 9.17) is 16.7 Å². The predicted octanol–water partition coefficient (Wildman–Crippen LogP) is 0.589. The van der Waals surface area contributed by atoms with Crippen LogP contribution in [0.2, 0.25) is 0 Å². The Labute approximate surface area is 68.1 Å². The fourth-order valence-electron chi connectivity index (χ4n) is 0.910. The minimum Gasteiger partial charge on any atom is -0.477 e. The summed E-state index contributed by atoms with van der Waals surface area (Å²) in [7, 11) is 0. The van der Waals surface area contributed by atoms with Crippen molar-refractivity contribution in [3.05, 3.63) is 0 Å². The molecule has 1 saturated heterocycles. The van der Waals surface area contributed by atoms with Gasteiger partial charge in [-0.1, -0.05) is 18.5 Å². The largest absolute Gasteiger partial charge is 0.477 e. The zero-order chi connectivity index (χ0) is 8.65. The number of aliphatic carboxylic acids is 1. The van der Waals surface area contributed by atoms with Crippen LogP contribution in [-0.2, 0) is 14.3 Å². The molecule has 4 nitrogen and oxygen atoms in total. The van der Waals surface area contributed by atoms with E-state index in [2.05, 4.69) is 4.74 Å². The number of alkyl halides is 1. The number of cyclic esters (lactones) is 1. The van der Waals surface area contributed by atoms with Gasteiger partial charge >= 0.3 is 11.9 Å². The second kappa shape index (κ2) is 2.37. The highest BCUT2D eigenvalue weighted by Gasteiger charge is 2.49. The van der Waals surface area contributed by atoms with Crippen molar-refractivity contribution in [2.24, 2.45) is 5.92 Å². The molecule has 1 aliphatic heterocycles. The first-order valence-electron chi connectivity index (χ1n) is 3.11. The van der Waals surface area contributed by atoms with Crippen LogP contribution in [0, 0.1) is 5.92 Å². The molecular formula is C6H7ClO4. The van der Waals surface area contributed by atoms with Gasteiger partial charge in [-0.3, -0.25) is 4.79 Å². The smallest absolute Gasteiger partial charge is 0.364 e. The number of esters is 1. The first kappa shape index (κ1) is 8.33. The maximum atomic E-state index is 10.7. The van der Waals surface area contributed by atoms with Crippen molar-refractivity contribution in [3.8, 4) is 0 Å². The fourth-order valence-corrected chi connectivity index (χ4v) is 1.22. The topological polar surface area (TPSA) is 63.6 Å². The standard InChI is InChI=1S/C6H7ClO4/c1-3-2-6(7,5(9)10)11-4(3)8/h3H,2H2,1H3,(H,9,10). The monoisotopic (exact) mass is 178 g/mol. The Kier molecular flexibility index (Phi) is 1.80. The normalized spacial score (nSPS) is 36.9.